The maximum atomic E-state index is 10.9. The highest BCUT2D eigenvalue weighted by Gasteiger charge is 2.17. The lowest BCUT2D eigenvalue weighted by Crippen LogP contribution is -2.10. The minimum atomic E-state index is -2.08. The fraction of sp³-hybridized carbons (Fsp3) is 0.333. The van der Waals surface area contributed by atoms with Gasteiger partial charge in [0.25, 0.3) is 0 Å². The molecule has 4 nitrogen and oxygen atoms in total. The van der Waals surface area contributed by atoms with E-state index in [1.165, 1.54) is 7.11 Å². The molecular formula is C9H11BrO4S. The van der Waals surface area contributed by atoms with E-state index in [-0.39, 0.29) is 6.61 Å². The Labute approximate surface area is 98.7 Å². The fourth-order valence-electron chi connectivity index (χ4n) is 1.17. The minimum absolute atomic E-state index is 0.373. The van der Waals surface area contributed by atoms with Crippen molar-refractivity contribution in [1.82, 2.24) is 0 Å². The van der Waals surface area contributed by atoms with Crippen molar-refractivity contribution in [3.8, 4) is 5.75 Å². The van der Waals surface area contributed by atoms with Gasteiger partial charge in [-0.2, -0.15) is 0 Å². The van der Waals surface area contributed by atoms with Crippen LogP contribution in [0.2, 0.25) is 0 Å². The molecular weight excluding hydrogens is 284 g/mol. The lowest BCUT2D eigenvalue weighted by Gasteiger charge is -2.11. The van der Waals surface area contributed by atoms with Crippen molar-refractivity contribution in [3.05, 3.63) is 28.2 Å². The van der Waals surface area contributed by atoms with Crippen molar-refractivity contribution in [3.63, 3.8) is 0 Å². The molecule has 6 heteroatoms. The Morgan fingerprint density at radius 3 is 2.67 bits per heavy atom. The first kappa shape index (κ1) is 12.6. The summed E-state index contributed by atoms with van der Waals surface area (Å²) in [5, 5.41) is 8.18. The van der Waals surface area contributed by atoms with Crippen molar-refractivity contribution >= 4 is 27.0 Å². The minimum Gasteiger partial charge on any atom is -0.496 e. The molecule has 0 aliphatic heterocycles. The van der Waals surface area contributed by atoms with Gasteiger partial charge in [0.15, 0.2) is 11.1 Å². The molecule has 0 aromatic heterocycles. The third-order valence-electron chi connectivity index (χ3n) is 1.96. The maximum absolute atomic E-state index is 10.9. The molecule has 1 rings (SSSR count). The maximum Gasteiger partial charge on any atom is 0.162 e. The highest BCUT2D eigenvalue weighted by atomic mass is 79.9. The van der Waals surface area contributed by atoms with Crippen LogP contribution < -0.4 is 4.74 Å². The molecule has 0 fully saturated rings. The number of aliphatic hydroxyl groups is 1. The second-order valence-corrected chi connectivity index (χ2v) is 4.82. The van der Waals surface area contributed by atoms with Gasteiger partial charge >= 0.3 is 0 Å². The quantitative estimate of drug-likeness (QED) is 0.830. The Morgan fingerprint density at radius 1 is 1.60 bits per heavy atom. The molecule has 0 saturated heterocycles. The number of methoxy groups -OCH3 is 1. The summed E-state index contributed by atoms with van der Waals surface area (Å²) in [7, 11) is 1.54. The topological polar surface area (TPSA) is 66.8 Å². The molecule has 0 spiro atoms. The average molecular weight is 295 g/mol. The van der Waals surface area contributed by atoms with Gasteiger partial charge in [0.05, 0.1) is 18.2 Å². The molecule has 84 valence electrons. The predicted molar refractivity (Wildman–Crippen MR) is 61.3 cm³/mol. The molecule has 0 aliphatic carbocycles. The van der Waals surface area contributed by atoms with Crippen LogP contribution in [0.15, 0.2) is 22.7 Å². The third kappa shape index (κ3) is 3.01. The van der Waals surface area contributed by atoms with Crippen LogP contribution >= 0.6 is 15.9 Å². The second-order valence-electron chi connectivity index (χ2n) is 2.84. The van der Waals surface area contributed by atoms with Gasteiger partial charge in [-0.05, 0) is 33.6 Å². The zero-order valence-corrected chi connectivity index (χ0v) is 10.4. The standard InChI is InChI=1S/C9H11BrO4S/c1-14-8-3-2-6(4-7(8)10)9(5-11)15(12)13/h2-4,9,11H,5H2,1H3,(H,12,13). The van der Waals surface area contributed by atoms with E-state index in [0.29, 0.717) is 15.8 Å². The molecule has 2 atom stereocenters. The Kier molecular flexibility index (Phi) is 4.72. The summed E-state index contributed by atoms with van der Waals surface area (Å²) in [6, 6.07) is 4.99. The van der Waals surface area contributed by atoms with Crippen molar-refractivity contribution in [2.45, 2.75) is 5.25 Å². The summed E-state index contributed by atoms with van der Waals surface area (Å²) in [4.78, 5) is 0. The summed E-state index contributed by atoms with van der Waals surface area (Å²) in [6.07, 6.45) is 0. The van der Waals surface area contributed by atoms with E-state index in [0.717, 1.165) is 0 Å². The van der Waals surface area contributed by atoms with Crippen LogP contribution in [0.4, 0.5) is 0 Å². The van der Waals surface area contributed by atoms with Crippen LogP contribution in [-0.2, 0) is 11.1 Å². The van der Waals surface area contributed by atoms with Gasteiger partial charge < -0.3 is 14.4 Å². The molecule has 0 radical (unpaired) electrons. The first-order valence-electron chi connectivity index (χ1n) is 4.14. The molecule has 0 bridgehead atoms. The largest absolute Gasteiger partial charge is 0.496 e. The molecule has 15 heavy (non-hydrogen) atoms. The molecule has 0 amide bonds. The van der Waals surface area contributed by atoms with Crippen LogP contribution in [-0.4, -0.2) is 27.6 Å². The van der Waals surface area contributed by atoms with Crippen molar-refractivity contribution < 1.29 is 18.6 Å². The smallest absolute Gasteiger partial charge is 0.162 e. The summed E-state index contributed by atoms with van der Waals surface area (Å²) in [5.41, 5.74) is 0.589. The monoisotopic (exact) mass is 294 g/mol. The Morgan fingerprint density at radius 2 is 2.27 bits per heavy atom. The summed E-state index contributed by atoms with van der Waals surface area (Å²) >= 11 is 1.18. The van der Waals surface area contributed by atoms with E-state index in [4.69, 9.17) is 14.4 Å². The lowest BCUT2D eigenvalue weighted by atomic mass is 10.1. The first-order valence-corrected chi connectivity index (χ1v) is 6.10. The van der Waals surface area contributed by atoms with E-state index in [1.54, 1.807) is 18.2 Å². The van der Waals surface area contributed by atoms with Crippen LogP contribution in [0.3, 0.4) is 0 Å². The zero-order chi connectivity index (χ0) is 11.4. The van der Waals surface area contributed by atoms with Crippen LogP contribution in [0, 0.1) is 0 Å². The zero-order valence-electron chi connectivity index (χ0n) is 8.01. The number of benzene rings is 1. The third-order valence-corrected chi connectivity index (χ3v) is 3.48. The predicted octanol–water partition coefficient (Wildman–Crippen LogP) is 1.71. The number of hydrogen-bond acceptors (Lipinski definition) is 3. The van der Waals surface area contributed by atoms with Crippen molar-refractivity contribution in [1.29, 1.82) is 0 Å². The number of ether oxygens (including phenoxy) is 1. The number of halogens is 1. The van der Waals surface area contributed by atoms with Gasteiger partial charge in [0.1, 0.15) is 11.0 Å². The Bertz CT molecular complexity index is 369. The first-order chi connectivity index (χ1) is 7.10. The lowest BCUT2D eigenvalue weighted by molar-refractivity contribution is 0.290. The Balaban J connectivity index is 3.05. The molecule has 0 aliphatic rings. The van der Waals surface area contributed by atoms with Crippen LogP contribution in [0.25, 0.3) is 0 Å². The normalized spacial score (nSPS) is 14.7. The molecule has 2 unspecified atom stereocenters. The van der Waals surface area contributed by atoms with E-state index in [1.807, 2.05) is 0 Å². The highest BCUT2D eigenvalue weighted by Crippen LogP contribution is 2.29. The molecule has 2 N–H and O–H groups in total. The van der Waals surface area contributed by atoms with E-state index in [2.05, 4.69) is 15.9 Å². The summed E-state index contributed by atoms with van der Waals surface area (Å²) in [6.45, 7) is -0.373. The van der Waals surface area contributed by atoms with E-state index < -0.39 is 16.3 Å². The number of aliphatic hydroxyl groups excluding tert-OH is 1. The second kappa shape index (κ2) is 5.60. The van der Waals surface area contributed by atoms with Gasteiger partial charge in [0, 0.05) is 0 Å². The Hall–Kier alpha value is -0.430. The fourth-order valence-corrected chi connectivity index (χ4v) is 2.23. The van der Waals surface area contributed by atoms with Gasteiger partial charge in [0.2, 0.25) is 0 Å². The SMILES string of the molecule is COc1ccc(C(CO)S(=O)O)cc1Br. The summed E-state index contributed by atoms with van der Waals surface area (Å²) in [5.74, 6) is 0.638. The highest BCUT2D eigenvalue weighted by molar-refractivity contribution is 9.10. The summed E-state index contributed by atoms with van der Waals surface area (Å²) < 4.78 is 25.6. The van der Waals surface area contributed by atoms with Gasteiger partial charge in [-0.15, -0.1) is 0 Å². The molecule has 1 aromatic rings. The van der Waals surface area contributed by atoms with Gasteiger partial charge in [-0.3, -0.25) is 0 Å². The van der Waals surface area contributed by atoms with E-state index in [9.17, 15) is 4.21 Å². The molecule has 0 saturated carbocycles. The van der Waals surface area contributed by atoms with Gasteiger partial charge in [-0.25, -0.2) is 4.21 Å². The number of rotatable bonds is 4. The van der Waals surface area contributed by atoms with Crippen molar-refractivity contribution in [2.75, 3.05) is 13.7 Å². The molecule has 0 heterocycles. The van der Waals surface area contributed by atoms with Crippen molar-refractivity contribution in [2.24, 2.45) is 0 Å². The van der Waals surface area contributed by atoms with Crippen LogP contribution in [0.5, 0.6) is 5.75 Å². The van der Waals surface area contributed by atoms with Gasteiger partial charge in [-0.1, -0.05) is 6.07 Å². The van der Waals surface area contributed by atoms with Crippen LogP contribution in [0.1, 0.15) is 10.8 Å². The number of hydrogen-bond donors (Lipinski definition) is 2. The average Bonchev–Trinajstić information content (AvgIpc) is 2.18. The molecule has 1 aromatic carbocycles. The van der Waals surface area contributed by atoms with E-state index >= 15 is 0 Å².